The van der Waals surface area contributed by atoms with Crippen molar-refractivity contribution in [1.29, 1.82) is 0 Å². The van der Waals surface area contributed by atoms with Gasteiger partial charge in [0, 0.05) is 13.2 Å². The Hall–Kier alpha value is 0.540. The minimum Gasteiger partial charge on any atom is -0.382 e. The Morgan fingerprint density at radius 2 is 1.25 bits per heavy atom. The molecule has 1 nitrogen and oxygen atoms in total. The molecule has 0 aromatic rings. The average molecular weight is 163 g/mol. The van der Waals surface area contributed by atoms with Gasteiger partial charge in [0.25, 0.3) is 0 Å². The quantitative estimate of drug-likeness (QED) is 0.607. The van der Waals surface area contributed by atoms with Crippen LogP contribution in [-0.4, -0.2) is 13.2 Å². The summed E-state index contributed by atoms with van der Waals surface area (Å²) in [7, 11) is 0. The third kappa shape index (κ3) is 31.1. The van der Waals surface area contributed by atoms with Crippen molar-refractivity contribution < 1.29 is 4.74 Å². The molecule has 0 saturated heterocycles. The first-order valence-corrected chi connectivity index (χ1v) is 1.99. The third-order valence-electron chi connectivity index (χ3n) is 0.408. The summed E-state index contributed by atoms with van der Waals surface area (Å²) in [5.74, 6) is 0. The van der Waals surface area contributed by atoms with Crippen LogP contribution in [0.25, 0.3) is 0 Å². The lowest BCUT2D eigenvalue weighted by atomic mass is 10.8. The molecule has 0 rings (SSSR count). The number of hydrogen-bond acceptors (Lipinski definition) is 1. The molecule has 0 unspecified atom stereocenters. The second kappa shape index (κ2) is 25.7. The van der Waals surface area contributed by atoms with Crippen LogP contribution in [0.3, 0.4) is 0 Å². The minimum atomic E-state index is 0. The van der Waals surface area contributed by atoms with Crippen molar-refractivity contribution in [2.75, 3.05) is 13.2 Å². The Morgan fingerprint density at radius 3 is 1.25 bits per heavy atom. The van der Waals surface area contributed by atoms with Crippen molar-refractivity contribution in [3.63, 3.8) is 0 Å². The Morgan fingerprint density at radius 1 is 1.00 bits per heavy atom. The van der Waals surface area contributed by atoms with E-state index in [9.17, 15) is 0 Å². The molecule has 0 aromatic carbocycles. The van der Waals surface area contributed by atoms with Crippen LogP contribution in [-0.2, 0) is 4.74 Å². The maximum atomic E-state index is 4.83. The summed E-state index contributed by atoms with van der Waals surface area (Å²) in [5, 5.41) is 0. The largest absolute Gasteiger partial charge is 0.382 e. The lowest BCUT2D eigenvalue weighted by Gasteiger charge is -1.86. The maximum Gasteiger partial charge on any atom is 0.0437 e. The summed E-state index contributed by atoms with van der Waals surface area (Å²) >= 11 is 0. The molecule has 3 heteroatoms. The zero-order chi connectivity index (χ0) is 4.12. The lowest BCUT2D eigenvalue weighted by Crippen LogP contribution is -1.84. The highest BCUT2D eigenvalue weighted by Crippen LogP contribution is 1.64. The Bertz CT molecular complexity index is 17.9. The van der Waals surface area contributed by atoms with E-state index in [-0.39, 0.29) is 32.2 Å². The van der Waals surface area contributed by atoms with Gasteiger partial charge in [-0.15, -0.1) is 24.8 Å². The number of halogens is 2. The van der Waals surface area contributed by atoms with E-state index >= 15 is 0 Å². The maximum absolute atomic E-state index is 4.83. The van der Waals surface area contributed by atoms with Gasteiger partial charge in [-0.05, 0) is 13.8 Å². The van der Waals surface area contributed by atoms with Crippen LogP contribution in [0.1, 0.15) is 21.3 Å². The van der Waals surface area contributed by atoms with Gasteiger partial charge in [-0.3, -0.25) is 0 Å². The van der Waals surface area contributed by atoms with Gasteiger partial charge >= 0.3 is 0 Å². The van der Waals surface area contributed by atoms with Gasteiger partial charge in [0.05, 0.1) is 0 Å². The van der Waals surface area contributed by atoms with E-state index in [1.807, 2.05) is 13.8 Å². The molecule has 0 heterocycles. The molecule has 0 aliphatic heterocycles. The van der Waals surface area contributed by atoms with Crippen molar-refractivity contribution in [2.45, 2.75) is 21.3 Å². The van der Waals surface area contributed by atoms with Crippen LogP contribution in [0.4, 0.5) is 0 Å². The molecule has 0 aliphatic rings. The van der Waals surface area contributed by atoms with E-state index in [1.165, 1.54) is 0 Å². The van der Waals surface area contributed by atoms with Crippen LogP contribution in [0.2, 0.25) is 0 Å². The van der Waals surface area contributed by atoms with E-state index in [1.54, 1.807) is 0 Å². The third-order valence-corrected chi connectivity index (χ3v) is 0.408. The fraction of sp³-hybridized carbons (Fsp3) is 1.00. The molecule has 0 radical (unpaired) electrons. The molecule has 0 fully saturated rings. The zero-order valence-electron chi connectivity index (χ0n) is 4.64. The van der Waals surface area contributed by atoms with Gasteiger partial charge in [0.15, 0.2) is 0 Å². The van der Waals surface area contributed by atoms with E-state index < -0.39 is 0 Å². The lowest BCUT2D eigenvalue weighted by molar-refractivity contribution is 0.162. The molecular weight excluding hydrogens is 147 g/mol. The molecule has 0 aromatic heterocycles. The predicted octanol–water partition coefficient (Wildman–Crippen LogP) is 2.52. The first-order valence-electron chi connectivity index (χ1n) is 1.99. The molecule has 56 valence electrons. The van der Waals surface area contributed by atoms with Gasteiger partial charge in [-0.1, -0.05) is 7.43 Å². The van der Waals surface area contributed by atoms with Gasteiger partial charge < -0.3 is 4.74 Å². The molecular formula is C5H16Cl2O. The second-order valence-corrected chi connectivity index (χ2v) is 0.781. The Kier molecular flexibility index (Phi) is 75.8. The smallest absolute Gasteiger partial charge is 0.0437 e. The molecule has 0 spiro atoms. The standard InChI is InChI=1S/C4H10O.CH4.2ClH/c1-3-5-4-2;;;/h3-4H2,1-2H3;1H4;2*1H. The Balaban J connectivity index is -0.0000000267. The second-order valence-electron chi connectivity index (χ2n) is 0.781. The highest BCUT2D eigenvalue weighted by atomic mass is 35.5. The van der Waals surface area contributed by atoms with Gasteiger partial charge in [0.1, 0.15) is 0 Å². The average Bonchev–Trinajstić information content (AvgIpc) is 1.41. The van der Waals surface area contributed by atoms with Gasteiger partial charge in [-0.2, -0.15) is 0 Å². The van der Waals surface area contributed by atoms with E-state index in [4.69, 9.17) is 4.74 Å². The monoisotopic (exact) mass is 162 g/mol. The van der Waals surface area contributed by atoms with Crippen molar-refractivity contribution in [3.05, 3.63) is 0 Å². The normalized spacial score (nSPS) is 5.25. The van der Waals surface area contributed by atoms with Crippen molar-refractivity contribution in [1.82, 2.24) is 0 Å². The predicted molar refractivity (Wildman–Crippen MR) is 43.4 cm³/mol. The van der Waals surface area contributed by atoms with Crippen molar-refractivity contribution in [2.24, 2.45) is 0 Å². The fourth-order valence-corrected chi connectivity index (χ4v) is 0.204. The van der Waals surface area contributed by atoms with Crippen LogP contribution >= 0.6 is 24.8 Å². The molecule has 0 bridgehead atoms. The molecule has 0 saturated carbocycles. The molecule has 0 atom stereocenters. The van der Waals surface area contributed by atoms with Crippen LogP contribution in [0.5, 0.6) is 0 Å². The summed E-state index contributed by atoms with van der Waals surface area (Å²) in [6.07, 6.45) is 0. The first-order chi connectivity index (χ1) is 2.41. The molecule has 8 heavy (non-hydrogen) atoms. The highest BCUT2D eigenvalue weighted by molar-refractivity contribution is 5.85. The molecule has 0 amide bonds. The summed E-state index contributed by atoms with van der Waals surface area (Å²) in [5.41, 5.74) is 0. The van der Waals surface area contributed by atoms with Gasteiger partial charge in [0.2, 0.25) is 0 Å². The van der Waals surface area contributed by atoms with Crippen molar-refractivity contribution in [3.8, 4) is 0 Å². The zero-order valence-corrected chi connectivity index (χ0v) is 6.27. The van der Waals surface area contributed by atoms with Gasteiger partial charge in [-0.25, -0.2) is 0 Å². The van der Waals surface area contributed by atoms with E-state index in [0.29, 0.717) is 0 Å². The molecule has 0 N–H and O–H groups in total. The summed E-state index contributed by atoms with van der Waals surface area (Å²) in [6.45, 7) is 5.67. The number of rotatable bonds is 2. The SMILES string of the molecule is C.CCOCC.Cl.Cl. The van der Waals surface area contributed by atoms with Crippen LogP contribution in [0.15, 0.2) is 0 Å². The summed E-state index contributed by atoms with van der Waals surface area (Å²) < 4.78 is 4.83. The number of hydrogen-bond donors (Lipinski definition) is 0. The summed E-state index contributed by atoms with van der Waals surface area (Å²) in [6, 6.07) is 0. The molecule has 0 aliphatic carbocycles. The summed E-state index contributed by atoms with van der Waals surface area (Å²) in [4.78, 5) is 0. The topological polar surface area (TPSA) is 9.23 Å². The Labute approximate surface area is 64.6 Å². The highest BCUT2D eigenvalue weighted by Gasteiger charge is 1.64. The first kappa shape index (κ1) is 23.6. The minimum absolute atomic E-state index is 0. The fourth-order valence-electron chi connectivity index (χ4n) is 0.204. The van der Waals surface area contributed by atoms with Crippen LogP contribution in [0, 0.1) is 0 Å². The number of ether oxygens (including phenoxy) is 1. The van der Waals surface area contributed by atoms with E-state index in [0.717, 1.165) is 13.2 Å². The van der Waals surface area contributed by atoms with Crippen LogP contribution < -0.4 is 0 Å². The van der Waals surface area contributed by atoms with E-state index in [2.05, 4.69) is 0 Å². The van der Waals surface area contributed by atoms with Crippen molar-refractivity contribution >= 4 is 24.8 Å².